The summed E-state index contributed by atoms with van der Waals surface area (Å²) >= 11 is 5.89. The number of imidazole rings is 1. The summed E-state index contributed by atoms with van der Waals surface area (Å²) in [5.41, 5.74) is 1.41. The van der Waals surface area contributed by atoms with E-state index in [1.807, 2.05) is 71.4 Å². The molecule has 0 spiro atoms. The lowest BCUT2D eigenvalue weighted by atomic mass is 9.93. The highest BCUT2D eigenvalue weighted by Gasteiger charge is 2.35. The van der Waals surface area contributed by atoms with Crippen molar-refractivity contribution in [3.63, 3.8) is 0 Å². The number of carbonyl (C=O) groups is 1. The van der Waals surface area contributed by atoms with Crippen LogP contribution in [0.5, 0.6) is 0 Å². The molecule has 4 rings (SSSR count). The minimum absolute atomic E-state index is 0.145. The van der Waals surface area contributed by atoms with Crippen LogP contribution in [0.15, 0.2) is 41.1 Å². The van der Waals surface area contributed by atoms with Gasteiger partial charge in [-0.2, -0.15) is 0 Å². The molecule has 0 aliphatic rings. The molecular formula is C24H28ClN7O2. The lowest BCUT2D eigenvalue weighted by Gasteiger charge is -2.26. The largest absolute Gasteiger partial charge is 0.359 e. The molecule has 0 aliphatic heterocycles. The van der Waals surface area contributed by atoms with E-state index in [2.05, 4.69) is 20.4 Å². The smallest absolute Gasteiger partial charge is 0.240 e. The van der Waals surface area contributed by atoms with Crippen molar-refractivity contribution in [3.8, 4) is 0 Å². The molecule has 1 N–H and O–H groups in total. The molecule has 3 aromatic heterocycles. The predicted octanol–water partition coefficient (Wildman–Crippen LogP) is 5.76. The highest BCUT2D eigenvalue weighted by molar-refractivity contribution is 6.28. The summed E-state index contributed by atoms with van der Waals surface area (Å²) in [6, 6.07) is 9.25. The van der Waals surface area contributed by atoms with Gasteiger partial charge in [0, 0.05) is 35.8 Å². The minimum atomic E-state index is -0.669. The maximum Gasteiger partial charge on any atom is 0.240 e. The van der Waals surface area contributed by atoms with Crippen molar-refractivity contribution in [1.29, 1.82) is 0 Å². The first-order valence-electron chi connectivity index (χ1n) is 10.9. The number of aromatic nitrogens is 5. The molecule has 0 fully saturated rings. The van der Waals surface area contributed by atoms with Gasteiger partial charge >= 0.3 is 0 Å². The van der Waals surface area contributed by atoms with E-state index in [1.165, 1.54) is 4.90 Å². The zero-order valence-corrected chi connectivity index (χ0v) is 21.1. The van der Waals surface area contributed by atoms with Crippen molar-refractivity contribution >= 4 is 51.8 Å². The van der Waals surface area contributed by atoms with Gasteiger partial charge in [0.15, 0.2) is 5.82 Å². The summed E-state index contributed by atoms with van der Waals surface area (Å²) in [5.74, 6) is 1.96. The first kappa shape index (κ1) is 23.7. The monoisotopic (exact) mass is 481 g/mol. The summed E-state index contributed by atoms with van der Waals surface area (Å²) in [6.45, 7) is 11.7. The average Bonchev–Trinajstić information content (AvgIpc) is 3.33. The molecule has 0 atom stereocenters. The fourth-order valence-corrected chi connectivity index (χ4v) is 3.52. The van der Waals surface area contributed by atoms with Crippen LogP contribution in [0.1, 0.15) is 47.3 Å². The van der Waals surface area contributed by atoms with E-state index in [1.54, 1.807) is 18.3 Å². The van der Waals surface area contributed by atoms with Crippen LogP contribution in [0.3, 0.4) is 0 Å². The Morgan fingerprint density at radius 2 is 1.82 bits per heavy atom. The van der Waals surface area contributed by atoms with Gasteiger partial charge in [0.1, 0.15) is 11.6 Å². The second kappa shape index (κ2) is 8.39. The molecule has 178 valence electrons. The van der Waals surface area contributed by atoms with Gasteiger partial charge in [-0.3, -0.25) is 4.79 Å². The number of aryl methyl sites for hydroxylation is 1. The molecule has 0 saturated heterocycles. The summed E-state index contributed by atoms with van der Waals surface area (Å²) in [5, 5.41) is 7.58. The number of carbonyl (C=O) groups excluding carboxylic acids is 1. The van der Waals surface area contributed by atoms with Crippen LogP contribution in [-0.4, -0.2) is 30.6 Å². The third-order valence-electron chi connectivity index (χ3n) is 5.27. The summed E-state index contributed by atoms with van der Waals surface area (Å²) in [6.07, 6.45) is 1.58. The van der Waals surface area contributed by atoms with E-state index in [0.29, 0.717) is 28.9 Å². The second-order valence-corrected chi connectivity index (χ2v) is 10.5. The van der Waals surface area contributed by atoms with Gasteiger partial charge in [-0.25, -0.2) is 19.9 Å². The van der Waals surface area contributed by atoms with Crippen molar-refractivity contribution in [2.75, 3.05) is 10.2 Å². The maximum absolute atomic E-state index is 13.5. The summed E-state index contributed by atoms with van der Waals surface area (Å²) < 4.78 is 7.46. The Bertz CT molecular complexity index is 1360. The van der Waals surface area contributed by atoms with Crippen LogP contribution in [0.25, 0.3) is 11.0 Å². The van der Waals surface area contributed by atoms with Crippen molar-refractivity contribution in [2.24, 2.45) is 12.5 Å². The topological polar surface area (TPSA) is 102 Å². The van der Waals surface area contributed by atoms with Gasteiger partial charge in [0.2, 0.25) is 17.1 Å². The fraction of sp³-hybridized carbons (Fsp3) is 0.375. The van der Waals surface area contributed by atoms with E-state index in [9.17, 15) is 4.79 Å². The molecule has 0 unspecified atom stereocenters. The first-order chi connectivity index (χ1) is 15.8. The van der Waals surface area contributed by atoms with Crippen LogP contribution in [0.2, 0.25) is 5.28 Å². The van der Waals surface area contributed by atoms with E-state index >= 15 is 0 Å². The second-order valence-electron chi connectivity index (χ2n) is 10.2. The summed E-state index contributed by atoms with van der Waals surface area (Å²) in [7, 11) is 1.87. The molecule has 0 aliphatic carbocycles. The van der Waals surface area contributed by atoms with Gasteiger partial charge in [-0.05, 0) is 35.9 Å². The third-order valence-corrected chi connectivity index (χ3v) is 5.45. The Kier molecular flexibility index (Phi) is 5.85. The van der Waals surface area contributed by atoms with Gasteiger partial charge in [-0.15, -0.1) is 0 Å². The number of hydrogen-bond donors (Lipinski definition) is 1. The Morgan fingerprint density at radius 3 is 2.44 bits per heavy atom. The number of amides is 1. The van der Waals surface area contributed by atoms with Crippen LogP contribution in [0, 0.1) is 5.41 Å². The molecule has 9 nitrogen and oxygen atoms in total. The number of halogens is 1. The highest BCUT2D eigenvalue weighted by Crippen LogP contribution is 2.35. The molecule has 10 heteroatoms. The molecular weight excluding hydrogens is 454 g/mol. The van der Waals surface area contributed by atoms with Crippen molar-refractivity contribution < 1.29 is 9.32 Å². The van der Waals surface area contributed by atoms with Crippen LogP contribution in [-0.2, 0) is 17.3 Å². The number of fused-ring (bicyclic) bond motifs is 1. The van der Waals surface area contributed by atoms with Crippen LogP contribution < -0.4 is 10.2 Å². The molecule has 34 heavy (non-hydrogen) atoms. The number of anilines is 4. The zero-order chi connectivity index (χ0) is 24.8. The average molecular weight is 482 g/mol. The number of benzene rings is 1. The lowest BCUT2D eigenvalue weighted by molar-refractivity contribution is -0.125. The van der Waals surface area contributed by atoms with Crippen molar-refractivity contribution in [3.05, 3.63) is 47.6 Å². The molecule has 3 heterocycles. The van der Waals surface area contributed by atoms with Gasteiger partial charge < -0.3 is 14.4 Å². The van der Waals surface area contributed by atoms with E-state index in [-0.39, 0.29) is 16.6 Å². The Balaban J connectivity index is 1.79. The van der Waals surface area contributed by atoms with E-state index < -0.39 is 5.41 Å². The Morgan fingerprint density at radius 1 is 1.09 bits per heavy atom. The van der Waals surface area contributed by atoms with Crippen molar-refractivity contribution in [1.82, 2.24) is 24.7 Å². The number of rotatable bonds is 4. The fourth-order valence-electron chi connectivity index (χ4n) is 3.37. The molecule has 0 radical (unpaired) electrons. The quantitative estimate of drug-likeness (QED) is 0.370. The van der Waals surface area contributed by atoms with E-state index in [0.717, 1.165) is 11.2 Å². The number of nitrogens with one attached hydrogen (secondary N) is 1. The molecule has 1 amide bonds. The number of hydrogen-bond acceptors (Lipinski definition) is 7. The summed E-state index contributed by atoms with van der Waals surface area (Å²) in [4.78, 5) is 27.9. The minimum Gasteiger partial charge on any atom is -0.359 e. The SMILES string of the molecule is Cn1c(N(C(=O)C(C)(C)C)c2cc(C(C)(C)C)on2)nc2cc(Nc3ccnc(Cl)n3)ccc21. The van der Waals surface area contributed by atoms with Gasteiger partial charge in [-0.1, -0.05) is 46.7 Å². The lowest BCUT2D eigenvalue weighted by Crippen LogP contribution is -2.37. The highest BCUT2D eigenvalue weighted by atomic mass is 35.5. The van der Waals surface area contributed by atoms with Gasteiger partial charge in [0.05, 0.1) is 11.0 Å². The predicted molar refractivity (Wildman–Crippen MR) is 133 cm³/mol. The van der Waals surface area contributed by atoms with Crippen LogP contribution in [0.4, 0.5) is 23.3 Å². The maximum atomic E-state index is 13.5. The standard InChI is InChI=1S/C24H28ClN7O2/c1-23(2,3)17-13-19(30-34-17)32(20(33)24(4,5)6)22-28-15-12-14(8-9-16(15)31(22)7)27-18-10-11-26-21(25)29-18/h8-13H,1-7H3,(H,26,27,29). The molecule has 0 bridgehead atoms. The third kappa shape index (κ3) is 4.61. The number of nitrogens with zero attached hydrogens (tertiary/aromatic N) is 6. The van der Waals surface area contributed by atoms with Crippen LogP contribution >= 0.6 is 11.6 Å². The van der Waals surface area contributed by atoms with Gasteiger partial charge in [0.25, 0.3) is 0 Å². The first-order valence-corrected chi connectivity index (χ1v) is 11.3. The van der Waals surface area contributed by atoms with E-state index in [4.69, 9.17) is 21.1 Å². The molecule has 1 aromatic carbocycles. The molecule has 0 saturated carbocycles. The Labute approximate surface area is 203 Å². The normalized spacial score (nSPS) is 12.2. The molecule has 4 aromatic rings. The zero-order valence-electron chi connectivity index (χ0n) is 20.3. The van der Waals surface area contributed by atoms with Crippen molar-refractivity contribution in [2.45, 2.75) is 47.0 Å². The Hall–Kier alpha value is -3.46.